The van der Waals surface area contributed by atoms with E-state index in [0.717, 1.165) is 25.9 Å². The van der Waals surface area contributed by atoms with Gasteiger partial charge >= 0.3 is 5.69 Å². The smallest absolute Gasteiger partial charge is 0.327 e. The zero-order chi connectivity index (χ0) is 10.1. The third kappa shape index (κ3) is 2.35. The van der Waals surface area contributed by atoms with Crippen LogP contribution in [0.15, 0.2) is 9.59 Å². The van der Waals surface area contributed by atoms with Gasteiger partial charge in [0.05, 0.1) is 0 Å². The van der Waals surface area contributed by atoms with E-state index >= 15 is 0 Å². The highest BCUT2D eigenvalue weighted by Crippen LogP contribution is 2.21. The molecule has 1 saturated heterocycles. The molecule has 0 saturated carbocycles. The van der Waals surface area contributed by atoms with Crippen molar-refractivity contribution in [1.29, 1.82) is 0 Å². The first kappa shape index (κ1) is 12.1. The lowest BCUT2D eigenvalue weighted by molar-refractivity contribution is 0.903. The highest BCUT2D eigenvalue weighted by atomic mass is 35.5. The highest BCUT2D eigenvalue weighted by molar-refractivity contribution is 6.32. The van der Waals surface area contributed by atoms with E-state index in [1.54, 1.807) is 0 Å². The van der Waals surface area contributed by atoms with Gasteiger partial charge in [0, 0.05) is 13.1 Å². The predicted molar refractivity (Wildman–Crippen MR) is 61.4 cm³/mol. The number of hydrogen-bond donors (Lipinski definition) is 2. The van der Waals surface area contributed by atoms with E-state index in [1.807, 2.05) is 4.90 Å². The maximum Gasteiger partial charge on any atom is 0.327 e. The molecule has 7 heteroatoms. The summed E-state index contributed by atoms with van der Waals surface area (Å²) in [5.74, 6) is 0.443. The fraction of sp³-hybridized carbons (Fsp3) is 0.500. The van der Waals surface area contributed by atoms with Crippen LogP contribution in [0.4, 0.5) is 5.82 Å². The molecule has 0 spiro atoms. The van der Waals surface area contributed by atoms with Crippen LogP contribution in [0, 0.1) is 0 Å². The molecule has 1 aliphatic rings. The summed E-state index contributed by atoms with van der Waals surface area (Å²) in [6, 6.07) is 0. The lowest BCUT2D eigenvalue weighted by Gasteiger charge is -2.17. The van der Waals surface area contributed by atoms with Crippen molar-refractivity contribution in [3.05, 3.63) is 25.9 Å². The fourth-order valence-electron chi connectivity index (χ4n) is 1.62. The maximum atomic E-state index is 11.2. The lowest BCUT2D eigenvalue weighted by Crippen LogP contribution is -2.29. The summed E-state index contributed by atoms with van der Waals surface area (Å²) in [5.41, 5.74) is -1.04. The molecule has 1 fully saturated rings. The molecular formula is C8H11Cl2N3O2. The van der Waals surface area contributed by atoms with Crippen LogP contribution in [0.25, 0.3) is 0 Å². The van der Waals surface area contributed by atoms with Crippen molar-refractivity contribution in [3.8, 4) is 0 Å². The Kier molecular flexibility index (Phi) is 3.82. The molecule has 0 aliphatic carbocycles. The molecule has 0 unspecified atom stereocenters. The number of halogens is 2. The summed E-state index contributed by atoms with van der Waals surface area (Å²) in [7, 11) is 0. The summed E-state index contributed by atoms with van der Waals surface area (Å²) in [6.07, 6.45) is 2.12. The third-order valence-corrected chi connectivity index (χ3v) is 2.64. The van der Waals surface area contributed by atoms with Gasteiger partial charge in [0.25, 0.3) is 5.56 Å². The third-order valence-electron chi connectivity index (χ3n) is 2.29. The minimum atomic E-state index is -0.530. The Morgan fingerprint density at radius 3 is 2.33 bits per heavy atom. The van der Waals surface area contributed by atoms with Crippen LogP contribution in [0.3, 0.4) is 0 Å². The Morgan fingerprint density at radius 1 is 1.13 bits per heavy atom. The van der Waals surface area contributed by atoms with Crippen LogP contribution >= 0.6 is 24.0 Å². The molecule has 0 atom stereocenters. The zero-order valence-electron chi connectivity index (χ0n) is 7.88. The number of nitrogens with one attached hydrogen (secondary N) is 2. The van der Waals surface area contributed by atoms with Crippen LogP contribution in [-0.4, -0.2) is 23.1 Å². The molecule has 84 valence electrons. The molecule has 1 aromatic rings. The van der Waals surface area contributed by atoms with Crippen LogP contribution in [0.2, 0.25) is 5.02 Å². The van der Waals surface area contributed by atoms with Crippen molar-refractivity contribution in [2.45, 2.75) is 12.8 Å². The summed E-state index contributed by atoms with van der Waals surface area (Å²) in [4.78, 5) is 28.7. The van der Waals surface area contributed by atoms with Crippen molar-refractivity contribution in [3.63, 3.8) is 0 Å². The van der Waals surface area contributed by atoms with Gasteiger partial charge in [-0.1, -0.05) is 11.6 Å². The number of hydrogen-bond acceptors (Lipinski definition) is 3. The fourth-order valence-corrected chi connectivity index (χ4v) is 1.83. The van der Waals surface area contributed by atoms with Crippen LogP contribution in [-0.2, 0) is 0 Å². The second-order valence-corrected chi connectivity index (χ2v) is 3.64. The van der Waals surface area contributed by atoms with E-state index < -0.39 is 11.2 Å². The van der Waals surface area contributed by atoms with Gasteiger partial charge in [-0.3, -0.25) is 14.8 Å². The quantitative estimate of drug-likeness (QED) is 0.774. The minimum Gasteiger partial charge on any atom is -0.357 e. The van der Waals surface area contributed by atoms with Crippen molar-refractivity contribution in [1.82, 2.24) is 9.97 Å². The van der Waals surface area contributed by atoms with E-state index in [1.165, 1.54) is 0 Å². The van der Waals surface area contributed by atoms with Gasteiger partial charge in [-0.2, -0.15) is 0 Å². The number of nitrogens with zero attached hydrogens (tertiary/aromatic N) is 1. The van der Waals surface area contributed by atoms with E-state index in [2.05, 4.69) is 9.97 Å². The monoisotopic (exact) mass is 251 g/mol. The summed E-state index contributed by atoms with van der Waals surface area (Å²) in [6.45, 7) is 1.66. The van der Waals surface area contributed by atoms with Crippen LogP contribution in [0.1, 0.15) is 12.8 Å². The summed E-state index contributed by atoms with van der Waals surface area (Å²) in [5, 5.41) is 0.0616. The van der Waals surface area contributed by atoms with Gasteiger partial charge in [-0.25, -0.2) is 4.79 Å². The Hall–Kier alpha value is -0.940. The first-order valence-corrected chi connectivity index (χ1v) is 4.83. The SMILES string of the molecule is Cl.O=c1[nH]c(N2CCCC2)c(Cl)c(=O)[nH]1. The number of rotatable bonds is 1. The van der Waals surface area contributed by atoms with Crippen molar-refractivity contribution < 1.29 is 0 Å². The molecule has 15 heavy (non-hydrogen) atoms. The summed E-state index contributed by atoms with van der Waals surface area (Å²) >= 11 is 5.79. The van der Waals surface area contributed by atoms with Crippen molar-refractivity contribution in [2.75, 3.05) is 18.0 Å². The highest BCUT2D eigenvalue weighted by Gasteiger charge is 2.17. The molecule has 0 aromatic carbocycles. The first-order valence-electron chi connectivity index (χ1n) is 4.45. The Bertz CT molecular complexity index is 448. The molecule has 1 aromatic heterocycles. The summed E-state index contributed by atoms with van der Waals surface area (Å²) < 4.78 is 0. The predicted octanol–water partition coefficient (Wildman–Crippen LogP) is 0.739. The van der Waals surface area contributed by atoms with Gasteiger partial charge in [-0.05, 0) is 12.8 Å². The van der Waals surface area contributed by atoms with Crippen LogP contribution in [0.5, 0.6) is 0 Å². The lowest BCUT2D eigenvalue weighted by atomic mass is 10.4. The zero-order valence-corrected chi connectivity index (χ0v) is 9.45. The standard InChI is InChI=1S/C8H10ClN3O2.ClH/c9-5-6(12-3-1-2-4-12)10-8(14)11-7(5)13;/h1-4H2,(H2,10,11,13,14);1H. The van der Waals surface area contributed by atoms with E-state index in [4.69, 9.17) is 11.6 Å². The van der Waals surface area contributed by atoms with E-state index in [0.29, 0.717) is 5.82 Å². The molecule has 5 nitrogen and oxygen atoms in total. The molecule has 0 radical (unpaired) electrons. The first-order chi connectivity index (χ1) is 6.68. The molecule has 2 N–H and O–H groups in total. The maximum absolute atomic E-state index is 11.2. The van der Waals surface area contributed by atoms with Gasteiger partial charge in [0.1, 0.15) is 10.8 Å². The molecule has 1 aliphatic heterocycles. The second kappa shape index (κ2) is 4.72. The number of anilines is 1. The van der Waals surface area contributed by atoms with E-state index in [9.17, 15) is 9.59 Å². The van der Waals surface area contributed by atoms with Gasteiger partial charge < -0.3 is 4.90 Å². The number of aromatic nitrogens is 2. The van der Waals surface area contributed by atoms with E-state index in [-0.39, 0.29) is 17.4 Å². The Morgan fingerprint density at radius 2 is 1.73 bits per heavy atom. The van der Waals surface area contributed by atoms with Gasteiger partial charge in [0.15, 0.2) is 0 Å². The number of aromatic amines is 2. The molecule has 0 amide bonds. The molecular weight excluding hydrogens is 241 g/mol. The van der Waals surface area contributed by atoms with Gasteiger partial charge in [-0.15, -0.1) is 12.4 Å². The average molecular weight is 252 g/mol. The van der Waals surface area contributed by atoms with Crippen molar-refractivity contribution >= 4 is 29.8 Å². The second-order valence-electron chi connectivity index (χ2n) is 3.26. The molecule has 2 rings (SSSR count). The topological polar surface area (TPSA) is 69.0 Å². The molecule has 2 heterocycles. The normalized spacial score (nSPS) is 15.1. The number of H-pyrrole nitrogens is 2. The van der Waals surface area contributed by atoms with Crippen LogP contribution < -0.4 is 16.1 Å². The minimum absolute atomic E-state index is 0. The van der Waals surface area contributed by atoms with Crippen molar-refractivity contribution in [2.24, 2.45) is 0 Å². The molecule has 0 bridgehead atoms. The largest absolute Gasteiger partial charge is 0.357 e. The van der Waals surface area contributed by atoms with Gasteiger partial charge in [0.2, 0.25) is 0 Å². The Labute approximate surface area is 96.9 Å². The average Bonchev–Trinajstić information content (AvgIpc) is 2.63. The Balaban J connectivity index is 0.00000112.